The van der Waals surface area contributed by atoms with Gasteiger partial charge in [0.1, 0.15) is 0 Å². The molecule has 7 heteroatoms. The molecule has 0 spiro atoms. The molecule has 0 aromatic carbocycles. The first kappa shape index (κ1) is 6.19. The van der Waals surface area contributed by atoms with Crippen molar-refractivity contribution in [3.63, 3.8) is 0 Å². The van der Waals surface area contributed by atoms with Crippen molar-refractivity contribution in [3.05, 3.63) is 0 Å². The fraction of sp³-hybridized carbons (Fsp3) is 1.00. The molecular formula is C4H11Cl2N2O2P. The summed E-state index contributed by atoms with van der Waals surface area (Å²) in [5, 5.41) is 3.88. The molecule has 0 aliphatic carbocycles. The van der Waals surface area contributed by atoms with Gasteiger partial charge >= 0.3 is 7.67 Å². The van der Waals surface area contributed by atoms with Gasteiger partial charge in [-0.15, -0.1) is 23.2 Å². The second-order valence-corrected chi connectivity index (χ2v) is 3.83. The Labute approximate surface area is 81.4 Å². The van der Waals surface area contributed by atoms with Crippen LogP contribution in [-0.4, -0.2) is 29.6 Å². The van der Waals surface area contributed by atoms with Crippen LogP contribution in [0.4, 0.5) is 0 Å². The van der Waals surface area contributed by atoms with Crippen molar-refractivity contribution in [3.8, 4) is 0 Å². The van der Waals surface area contributed by atoms with Gasteiger partial charge in [0, 0.05) is 30.2 Å². The molecule has 0 bridgehead atoms. The van der Waals surface area contributed by atoms with Crippen LogP contribution in [0.3, 0.4) is 0 Å². The van der Waals surface area contributed by atoms with Crippen LogP contribution in [0.15, 0.2) is 0 Å². The van der Waals surface area contributed by atoms with Gasteiger partial charge in [-0.1, -0.05) is 0 Å². The van der Waals surface area contributed by atoms with E-state index >= 15 is 0 Å². The highest BCUT2D eigenvalue weighted by Gasteiger charge is 2.14. The van der Waals surface area contributed by atoms with Gasteiger partial charge in [0.15, 0.2) is 0 Å². The Morgan fingerprint density at radius 1 is 1.36 bits per heavy atom. The SMILES string of the molecule is [2H]C([2H])(Cl)CNP(=O)(O)NCC([2H])([2H])Cl. The van der Waals surface area contributed by atoms with E-state index in [1.165, 1.54) is 0 Å². The van der Waals surface area contributed by atoms with Crippen LogP contribution >= 0.6 is 30.9 Å². The van der Waals surface area contributed by atoms with E-state index in [0.29, 0.717) is 0 Å². The Kier molecular flexibility index (Phi) is 3.51. The third-order valence-corrected chi connectivity index (χ3v) is 2.16. The molecule has 11 heavy (non-hydrogen) atoms. The van der Waals surface area contributed by atoms with E-state index in [-0.39, 0.29) is 0 Å². The Balaban J connectivity index is 4.04. The number of rotatable bonds is 6. The van der Waals surface area contributed by atoms with Crippen LogP contribution in [0.5, 0.6) is 0 Å². The summed E-state index contributed by atoms with van der Waals surface area (Å²) < 4.78 is 38.7. The average Bonchev–Trinajstić information content (AvgIpc) is 1.96. The minimum atomic E-state index is -4.03. The molecule has 0 amide bonds. The molecule has 0 aromatic heterocycles. The second kappa shape index (κ2) is 6.23. The molecular weight excluding hydrogens is 210 g/mol. The zero-order chi connectivity index (χ0) is 12.3. The fourth-order valence-electron chi connectivity index (χ4n) is 0.330. The third-order valence-electron chi connectivity index (χ3n) is 0.720. The van der Waals surface area contributed by atoms with Crippen LogP contribution in [0.2, 0.25) is 0 Å². The van der Waals surface area contributed by atoms with Crippen molar-refractivity contribution in [1.29, 1.82) is 0 Å². The maximum absolute atomic E-state index is 11.2. The maximum Gasteiger partial charge on any atom is 0.338 e. The van der Waals surface area contributed by atoms with Crippen LogP contribution in [0.1, 0.15) is 5.48 Å². The molecule has 0 aliphatic heterocycles. The quantitative estimate of drug-likeness (QED) is 0.461. The van der Waals surface area contributed by atoms with E-state index < -0.39 is 32.4 Å². The smallest absolute Gasteiger partial charge is 0.322 e. The molecule has 0 saturated carbocycles. The predicted octanol–water partition coefficient (Wildman–Crippen LogP) is 0.744. The minimum absolute atomic E-state index is 0.555. The molecule has 0 heterocycles. The van der Waals surface area contributed by atoms with E-state index in [4.69, 9.17) is 33.6 Å². The van der Waals surface area contributed by atoms with Gasteiger partial charge in [-0.2, -0.15) is 0 Å². The van der Waals surface area contributed by atoms with E-state index in [1.54, 1.807) is 0 Å². The van der Waals surface area contributed by atoms with Gasteiger partial charge in [-0.25, -0.2) is 10.2 Å². The molecule has 68 valence electrons. The van der Waals surface area contributed by atoms with Crippen LogP contribution in [0.25, 0.3) is 0 Å². The summed E-state index contributed by atoms with van der Waals surface area (Å²) in [6, 6.07) is 0. The summed E-state index contributed by atoms with van der Waals surface area (Å²) in [5.41, 5.74) is 0. The first-order valence-electron chi connectivity index (χ1n) is 4.62. The fourth-order valence-corrected chi connectivity index (χ4v) is 1.35. The standard InChI is InChI=1S/C4H11Cl2N2O2P/c5-1-3-7-11(9,10)8-4-2-6/h1-4H2,(H3,7,8,9,10)/i1D2,2D2. The highest BCUT2D eigenvalue weighted by molar-refractivity contribution is 7.53. The lowest BCUT2D eigenvalue weighted by molar-refractivity contribution is 0.451. The lowest BCUT2D eigenvalue weighted by Crippen LogP contribution is -2.24. The molecule has 3 N–H and O–H groups in total. The summed E-state index contributed by atoms with van der Waals surface area (Å²) in [6.45, 7) is -1.11. The monoisotopic (exact) mass is 224 g/mol. The Morgan fingerprint density at radius 3 is 2.00 bits per heavy atom. The van der Waals surface area contributed by atoms with E-state index in [0.717, 1.165) is 0 Å². The van der Waals surface area contributed by atoms with Gasteiger partial charge in [0.2, 0.25) is 0 Å². The third kappa shape index (κ3) is 7.06. The van der Waals surface area contributed by atoms with Crippen LogP contribution < -0.4 is 10.2 Å². The van der Waals surface area contributed by atoms with Crippen molar-refractivity contribution in [2.45, 2.75) is 0 Å². The molecule has 0 aromatic rings. The first-order chi connectivity index (χ1) is 6.41. The number of hydrogen-bond acceptors (Lipinski definition) is 1. The Morgan fingerprint density at radius 2 is 1.73 bits per heavy atom. The van der Waals surface area contributed by atoms with Gasteiger partial charge < -0.3 is 4.89 Å². The van der Waals surface area contributed by atoms with Gasteiger partial charge in [-0.3, -0.25) is 4.57 Å². The molecule has 0 rings (SSSR count). The van der Waals surface area contributed by atoms with Gasteiger partial charge in [0.25, 0.3) is 0 Å². The Bertz CT molecular complexity index is 234. The number of alkyl halides is 2. The van der Waals surface area contributed by atoms with Crippen molar-refractivity contribution in [1.82, 2.24) is 10.2 Å². The molecule has 0 saturated heterocycles. The Hall–Kier alpha value is 0.690. The number of nitrogens with one attached hydrogen (secondary N) is 2. The molecule has 0 unspecified atom stereocenters. The zero-order valence-corrected chi connectivity index (χ0v) is 7.88. The molecule has 0 aliphatic rings. The van der Waals surface area contributed by atoms with Gasteiger partial charge in [0.05, 0.1) is 0 Å². The lowest BCUT2D eigenvalue weighted by atomic mass is 10.8. The van der Waals surface area contributed by atoms with E-state index in [2.05, 4.69) is 0 Å². The summed E-state index contributed by atoms with van der Waals surface area (Å²) in [4.78, 5) is 9.12. The summed E-state index contributed by atoms with van der Waals surface area (Å²) in [7, 11) is -4.03. The van der Waals surface area contributed by atoms with Crippen molar-refractivity contribution in [2.75, 3.05) is 24.8 Å². The normalized spacial score (nSPS) is 19.9. The molecule has 0 radical (unpaired) electrons. The van der Waals surface area contributed by atoms with Crippen molar-refractivity contribution < 1.29 is 14.9 Å². The zero-order valence-electron chi connectivity index (χ0n) is 9.47. The molecule has 4 nitrogen and oxygen atoms in total. The van der Waals surface area contributed by atoms with Gasteiger partial charge in [-0.05, 0) is 0 Å². The van der Waals surface area contributed by atoms with Crippen LogP contribution in [0, 0.1) is 0 Å². The first-order valence-corrected chi connectivity index (χ1v) is 5.04. The largest absolute Gasteiger partial charge is 0.338 e. The second-order valence-electron chi connectivity index (χ2n) is 1.51. The topological polar surface area (TPSA) is 61.4 Å². The van der Waals surface area contributed by atoms with Crippen LogP contribution in [-0.2, 0) is 4.57 Å². The number of hydrogen-bond donors (Lipinski definition) is 3. The summed E-state index contributed by atoms with van der Waals surface area (Å²) in [6.07, 6.45) is 0. The number of halogens is 2. The predicted molar refractivity (Wildman–Crippen MR) is 47.3 cm³/mol. The molecule has 0 atom stereocenters. The summed E-state index contributed by atoms with van der Waals surface area (Å²) >= 11 is 10.3. The van der Waals surface area contributed by atoms with E-state index in [1.807, 2.05) is 10.2 Å². The minimum Gasteiger partial charge on any atom is -0.322 e. The summed E-state index contributed by atoms with van der Waals surface area (Å²) in [5.74, 6) is -4.31. The average molecular weight is 225 g/mol. The van der Waals surface area contributed by atoms with E-state index in [9.17, 15) is 4.57 Å². The highest BCUT2D eigenvalue weighted by Crippen LogP contribution is 2.28. The maximum atomic E-state index is 11.2. The highest BCUT2D eigenvalue weighted by atomic mass is 35.5. The van der Waals surface area contributed by atoms with Crippen molar-refractivity contribution in [2.24, 2.45) is 0 Å². The lowest BCUT2D eigenvalue weighted by Gasteiger charge is -2.11. The molecule has 0 fully saturated rings. The van der Waals surface area contributed by atoms with Crippen molar-refractivity contribution >= 4 is 30.9 Å².